The van der Waals surface area contributed by atoms with Gasteiger partial charge in [-0.2, -0.15) is 4.98 Å². The smallest absolute Gasteiger partial charge is 0.306 e. The van der Waals surface area contributed by atoms with Gasteiger partial charge in [0.05, 0.1) is 13.5 Å². The average Bonchev–Trinajstić information content (AvgIpc) is 3.13. The number of nitrogens with zero attached hydrogens (tertiary/aromatic N) is 3. The summed E-state index contributed by atoms with van der Waals surface area (Å²) in [6.07, 6.45) is 4.14. The summed E-state index contributed by atoms with van der Waals surface area (Å²) in [5.41, 5.74) is 2.20. The summed E-state index contributed by atoms with van der Waals surface area (Å²) >= 11 is 0. The maximum atomic E-state index is 11.4. The van der Waals surface area contributed by atoms with Gasteiger partial charge in [-0.25, -0.2) is 0 Å². The lowest BCUT2D eigenvalue weighted by Crippen LogP contribution is -2.29. The number of esters is 1. The molecule has 1 aliphatic rings. The predicted molar refractivity (Wildman–Crippen MR) is 93.9 cm³/mol. The van der Waals surface area contributed by atoms with Crippen molar-refractivity contribution in [2.75, 3.05) is 20.2 Å². The molecule has 1 aromatic carbocycles. The Balaban J connectivity index is 1.69. The Morgan fingerprint density at radius 2 is 2.12 bits per heavy atom. The van der Waals surface area contributed by atoms with Crippen LogP contribution in [0.4, 0.5) is 0 Å². The van der Waals surface area contributed by atoms with E-state index in [1.807, 2.05) is 19.1 Å². The number of hydrogen-bond donors (Lipinski definition) is 0. The normalized spacial score (nSPS) is 16.6. The van der Waals surface area contributed by atoms with Crippen molar-refractivity contribution in [2.24, 2.45) is 0 Å². The van der Waals surface area contributed by atoms with Crippen LogP contribution in [0.5, 0.6) is 0 Å². The van der Waals surface area contributed by atoms with Gasteiger partial charge < -0.3 is 9.26 Å². The Hall–Kier alpha value is -2.21. The number of benzene rings is 1. The molecule has 2 heterocycles. The number of methoxy groups -OCH3 is 1. The SMILES string of the molecule is COC(=O)C[C@@H](C)c1nc(-c2cccc(CN3CCCCC3)c2)no1. The number of carbonyl (C=O) groups is 1. The molecule has 134 valence electrons. The lowest BCUT2D eigenvalue weighted by molar-refractivity contribution is -0.141. The fraction of sp³-hybridized carbons (Fsp3) is 0.526. The van der Waals surface area contributed by atoms with E-state index >= 15 is 0 Å². The van der Waals surface area contributed by atoms with Gasteiger partial charge >= 0.3 is 5.97 Å². The third kappa shape index (κ3) is 4.66. The van der Waals surface area contributed by atoms with Crippen molar-refractivity contribution in [3.8, 4) is 11.4 Å². The minimum Gasteiger partial charge on any atom is -0.469 e. The van der Waals surface area contributed by atoms with E-state index in [9.17, 15) is 4.79 Å². The molecule has 0 bridgehead atoms. The summed E-state index contributed by atoms with van der Waals surface area (Å²) in [5.74, 6) is 0.579. The average molecular weight is 343 g/mol. The molecule has 25 heavy (non-hydrogen) atoms. The zero-order chi connectivity index (χ0) is 17.6. The van der Waals surface area contributed by atoms with Crippen LogP contribution in [-0.4, -0.2) is 41.2 Å². The topological polar surface area (TPSA) is 68.5 Å². The van der Waals surface area contributed by atoms with E-state index in [0.29, 0.717) is 11.7 Å². The van der Waals surface area contributed by atoms with E-state index in [2.05, 4.69) is 31.9 Å². The van der Waals surface area contributed by atoms with E-state index in [-0.39, 0.29) is 18.3 Å². The molecule has 6 nitrogen and oxygen atoms in total. The third-order valence-corrected chi connectivity index (χ3v) is 4.60. The van der Waals surface area contributed by atoms with Gasteiger partial charge in [-0.3, -0.25) is 9.69 Å². The van der Waals surface area contributed by atoms with Gasteiger partial charge in [0.1, 0.15) is 0 Å². The summed E-state index contributed by atoms with van der Waals surface area (Å²) < 4.78 is 10.0. The Kier molecular flexibility index (Phi) is 5.81. The van der Waals surface area contributed by atoms with Crippen LogP contribution in [0.3, 0.4) is 0 Å². The van der Waals surface area contributed by atoms with Crippen LogP contribution in [0.25, 0.3) is 11.4 Å². The number of rotatable bonds is 6. The lowest BCUT2D eigenvalue weighted by Gasteiger charge is -2.26. The van der Waals surface area contributed by atoms with Crippen LogP contribution in [0.1, 0.15) is 50.0 Å². The molecule has 0 spiro atoms. The van der Waals surface area contributed by atoms with Gasteiger partial charge in [-0.1, -0.05) is 36.7 Å². The molecule has 1 fully saturated rings. The van der Waals surface area contributed by atoms with E-state index in [1.165, 1.54) is 45.0 Å². The molecule has 2 aromatic rings. The number of ether oxygens (including phenoxy) is 1. The first-order valence-corrected chi connectivity index (χ1v) is 8.88. The van der Waals surface area contributed by atoms with Crippen molar-refractivity contribution in [3.05, 3.63) is 35.7 Å². The second kappa shape index (κ2) is 8.25. The number of aromatic nitrogens is 2. The molecule has 0 radical (unpaired) electrons. The highest BCUT2D eigenvalue weighted by atomic mass is 16.5. The molecule has 0 aliphatic carbocycles. The first-order valence-electron chi connectivity index (χ1n) is 8.88. The third-order valence-electron chi connectivity index (χ3n) is 4.60. The summed E-state index contributed by atoms with van der Waals surface area (Å²) in [6.45, 7) is 5.17. The van der Waals surface area contributed by atoms with E-state index in [0.717, 1.165) is 12.1 Å². The van der Waals surface area contributed by atoms with Crippen LogP contribution in [0.2, 0.25) is 0 Å². The Labute approximate surface area is 148 Å². The van der Waals surface area contributed by atoms with Crippen molar-refractivity contribution in [1.82, 2.24) is 15.0 Å². The quantitative estimate of drug-likeness (QED) is 0.749. The molecule has 0 saturated carbocycles. The van der Waals surface area contributed by atoms with Crippen molar-refractivity contribution < 1.29 is 14.1 Å². The maximum Gasteiger partial charge on any atom is 0.306 e. The molecule has 1 aromatic heterocycles. The van der Waals surface area contributed by atoms with Crippen molar-refractivity contribution in [3.63, 3.8) is 0 Å². The summed E-state index contributed by atoms with van der Waals surface area (Å²) in [4.78, 5) is 18.3. The Morgan fingerprint density at radius 1 is 1.32 bits per heavy atom. The van der Waals surface area contributed by atoms with Crippen LogP contribution in [0.15, 0.2) is 28.8 Å². The molecule has 1 aliphatic heterocycles. The van der Waals surface area contributed by atoms with Crippen molar-refractivity contribution in [1.29, 1.82) is 0 Å². The summed E-state index contributed by atoms with van der Waals surface area (Å²) in [6, 6.07) is 8.27. The van der Waals surface area contributed by atoms with Crippen LogP contribution in [0, 0.1) is 0 Å². The fourth-order valence-electron chi connectivity index (χ4n) is 3.16. The minimum atomic E-state index is -0.282. The monoisotopic (exact) mass is 343 g/mol. The van der Waals surface area contributed by atoms with Gasteiger partial charge in [0, 0.05) is 18.0 Å². The summed E-state index contributed by atoms with van der Waals surface area (Å²) in [5, 5.41) is 4.08. The van der Waals surface area contributed by atoms with Gasteiger partial charge in [0.2, 0.25) is 11.7 Å². The lowest BCUT2D eigenvalue weighted by atomic mass is 10.1. The highest BCUT2D eigenvalue weighted by Crippen LogP contribution is 2.23. The van der Waals surface area contributed by atoms with E-state index in [4.69, 9.17) is 4.52 Å². The van der Waals surface area contributed by atoms with Crippen molar-refractivity contribution in [2.45, 2.75) is 45.1 Å². The van der Waals surface area contributed by atoms with Crippen LogP contribution < -0.4 is 0 Å². The molecule has 0 amide bonds. The van der Waals surface area contributed by atoms with Gasteiger partial charge in [0.25, 0.3) is 0 Å². The second-order valence-electron chi connectivity index (χ2n) is 6.67. The molecular weight excluding hydrogens is 318 g/mol. The van der Waals surface area contributed by atoms with Crippen LogP contribution in [-0.2, 0) is 16.1 Å². The van der Waals surface area contributed by atoms with Crippen LogP contribution >= 0.6 is 0 Å². The minimum absolute atomic E-state index is 0.162. The Bertz CT molecular complexity index is 707. The zero-order valence-electron chi connectivity index (χ0n) is 14.9. The molecular formula is C19H25N3O3. The molecule has 1 atom stereocenters. The predicted octanol–water partition coefficient (Wildman–Crippen LogP) is 3.39. The van der Waals surface area contributed by atoms with Gasteiger partial charge in [-0.05, 0) is 37.6 Å². The number of piperidine rings is 1. The first-order chi connectivity index (χ1) is 12.2. The number of hydrogen-bond acceptors (Lipinski definition) is 6. The highest BCUT2D eigenvalue weighted by Gasteiger charge is 2.19. The van der Waals surface area contributed by atoms with E-state index < -0.39 is 0 Å². The second-order valence-corrected chi connectivity index (χ2v) is 6.67. The number of carbonyl (C=O) groups excluding carboxylic acids is 1. The molecule has 1 saturated heterocycles. The van der Waals surface area contributed by atoms with Gasteiger partial charge in [-0.15, -0.1) is 0 Å². The highest BCUT2D eigenvalue weighted by molar-refractivity contribution is 5.70. The maximum absolute atomic E-state index is 11.4. The molecule has 0 unspecified atom stereocenters. The molecule has 6 heteroatoms. The zero-order valence-corrected chi connectivity index (χ0v) is 14.9. The molecule has 3 rings (SSSR count). The largest absolute Gasteiger partial charge is 0.469 e. The first kappa shape index (κ1) is 17.6. The Morgan fingerprint density at radius 3 is 2.88 bits per heavy atom. The summed E-state index contributed by atoms with van der Waals surface area (Å²) in [7, 11) is 1.38. The van der Waals surface area contributed by atoms with E-state index in [1.54, 1.807) is 0 Å². The van der Waals surface area contributed by atoms with Crippen molar-refractivity contribution >= 4 is 5.97 Å². The molecule has 0 N–H and O–H groups in total. The fourth-order valence-corrected chi connectivity index (χ4v) is 3.16. The number of likely N-dealkylation sites (tertiary alicyclic amines) is 1. The van der Waals surface area contributed by atoms with Gasteiger partial charge in [0.15, 0.2) is 0 Å². The standard InChI is InChI=1S/C19H25N3O3/c1-14(11-17(23)24-2)19-20-18(21-25-19)16-8-6-7-15(12-16)13-22-9-4-3-5-10-22/h6-8,12,14H,3-5,9-11,13H2,1-2H3/t14-/m1/s1.